The van der Waals surface area contributed by atoms with Gasteiger partial charge in [-0.25, -0.2) is 9.37 Å². The lowest BCUT2D eigenvalue weighted by Crippen LogP contribution is -2.41. The van der Waals surface area contributed by atoms with E-state index in [2.05, 4.69) is 15.2 Å². The van der Waals surface area contributed by atoms with Crippen LogP contribution in [-0.4, -0.2) is 77.2 Å². The molecule has 4 aromatic rings. The molecule has 0 atom stereocenters. The van der Waals surface area contributed by atoms with E-state index in [1.165, 1.54) is 17.0 Å². The number of halogens is 1. The molecule has 0 spiro atoms. The van der Waals surface area contributed by atoms with Crippen molar-refractivity contribution >= 4 is 22.8 Å². The van der Waals surface area contributed by atoms with Gasteiger partial charge in [0.1, 0.15) is 5.82 Å². The Bertz CT molecular complexity index is 1460. The molecule has 37 heavy (non-hydrogen) atoms. The second-order valence-corrected chi connectivity index (χ2v) is 9.35. The number of rotatable bonds is 6. The van der Waals surface area contributed by atoms with Crippen LogP contribution >= 0.6 is 0 Å². The van der Waals surface area contributed by atoms with E-state index in [1.807, 2.05) is 30.3 Å². The van der Waals surface area contributed by atoms with E-state index in [1.54, 1.807) is 31.3 Å². The van der Waals surface area contributed by atoms with Crippen LogP contribution in [0.4, 0.5) is 4.39 Å². The average molecular weight is 502 g/mol. The second kappa shape index (κ2) is 10.5. The van der Waals surface area contributed by atoms with Crippen LogP contribution in [0.3, 0.4) is 0 Å². The third-order valence-electron chi connectivity index (χ3n) is 6.54. The number of hydrogen-bond acceptors (Lipinski definition) is 5. The van der Waals surface area contributed by atoms with Gasteiger partial charge in [0.15, 0.2) is 5.65 Å². The maximum atomic E-state index is 13.7. The van der Waals surface area contributed by atoms with E-state index in [0.717, 1.165) is 27.8 Å². The van der Waals surface area contributed by atoms with Gasteiger partial charge in [-0.05, 0) is 41.0 Å². The zero-order valence-corrected chi connectivity index (χ0v) is 20.8. The fraction of sp³-hybridized carbons (Fsp3) is 0.286. The summed E-state index contributed by atoms with van der Waals surface area (Å²) in [5.74, 6) is -0.478. The molecule has 5 rings (SSSR count). The third-order valence-corrected chi connectivity index (χ3v) is 6.54. The van der Waals surface area contributed by atoms with Crippen LogP contribution in [0.25, 0.3) is 22.2 Å². The first kappa shape index (κ1) is 24.6. The fourth-order valence-corrected chi connectivity index (χ4v) is 4.53. The summed E-state index contributed by atoms with van der Waals surface area (Å²) in [5, 5.41) is 8.14. The van der Waals surface area contributed by atoms with Crippen molar-refractivity contribution in [1.29, 1.82) is 0 Å². The minimum absolute atomic E-state index is 0.0210. The highest BCUT2D eigenvalue weighted by Crippen LogP contribution is 2.28. The molecule has 1 fully saturated rings. The van der Waals surface area contributed by atoms with Crippen molar-refractivity contribution in [2.24, 2.45) is 0 Å². The molecule has 0 saturated carbocycles. The van der Waals surface area contributed by atoms with Crippen molar-refractivity contribution in [2.75, 3.05) is 40.4 Å². The first-order chi connectivity index (χ1) is 17.9. The van der Waals surface area contributed by atoms with E-state index in [0.29, 0.717) is 49.5 Å². The molecule has 0 unspecified atom stereocenters. The lowest BCUT2D eigenvalue weighted by Gasteiger charge is -2.27. The molecule has 9 heteroatoms. The molecule has 190 valence electrons. The minimum atomic E-state index is -0.287. The van der Waals surface area contributed by atoms with E-state index in [9.17, 15) is 14.0 Å². The van der Waals surface area contributed by atoms with Crippen molar-refractivity contribution in [3.05, 3.63) is 82.9 Å². The quantitative estimate of drug-likeness (QED) is 0.437. The number of morpholine rings is 1. The van der Waals surface area contributed by atoms with Crippen molar-refractivity contribution in [2.45, 2.75) is 12.8 Å². The van der Waals surface area contributed by atoms with Crippen LogP contribution in [-0.2, 0) is 22.4 Å². The number of pyridine rings is 1. The first-order valence-electron chi connectivity index (χ1n) is 12.2. The number of nitrogens with zero attached hydrogens (tertiary/aromatic N) is 4. The molecule has 1 aliphatic heterocycles. The van der Waals surface area contributed by atoms with Crippen LogP contribution in [0.5, 0.6) is 0 Å². The lowest BCUT2D eigenvalue weighted by molar-refractivity contribution is -0.134. The van der Waals surface area contributed by atoms with Gasteiger partial charge in [0.25, 0.3) is 5.91 Å². The van der Waals surface area contributed by atoms with Crippen LogP contribution in [0.1, 0.15) is 27.2 Å². The summed E-state index contributed by atoms with van der Waals surface area (Å²) in [7, 11) is 3.39. The Kier molecular flexibility index (Phi) is 6.96. The van der Waals surface area contributed by atoms with Gasteiger partial charge in [-0.15, -0.1) is 0 Å². The highest BCUT2D eigenvalue weighted by Gasteiger charge is 2.22. The molecule has 2 aromatic heterocycles. The predicted octanol–water partition coefficient (Wildman–Crippen LogP) is 3.46. The zero-order valence-electron chi connectivity index (χ0n) is 20.8. The Hall–Kier alpha value is -4.11. The molecule has 2 aromatic carbocycles. The molecule has 1 aliphatic rings. The highest BCUT2D eigenvalue weighted by molar-refractivity contribution is 5.98. The Balaban J connectivity index is 1.47. The van der Waals surface area contributed by atoms with Crippen LogP contribution in [0.2, 0.25) is 0 Å². The van der Waals surface area contributed by atoms with Crippen molar-refractivity contribution < 1.29 is 18.7 Å². The summed E-state index contributed by atoms with van der Waals surface area (Å²) in [4.78, 5) is 33.8. The van der Waals surface area contributed by atoms with Crippen LogP contribution < -0.4 is 0 Å². The maximum Gasteiger partial charge on any atom is 0.253 e. The largest absolute Gasteiger partial charge is 0.378 e. The molecule has 1 N–H and O–H groups in total. The number of amides is 2. The molecule has 3 heterocycles. The smallest absolute Gasteiger partial charge is 0.253 e. The van der Waals surface area contributed by atoms with Gasteiger partial charge in [0.05, 0.1) is 19.6 Å². The summed E-state index contributed by atoms with van der Waals surface area (Å²) >= 11 is 0. The summed E-state index contributed by atoms with van der Waals surface area (Å²) in [6, 6.07) is 14.0. The molecule has 0 bridgehead atoms. The molecule has 0 aliphatic carbocycles. The number of aromatic amines is 1. The van der Waals surface area contributed by atoms with Crippen LogP contribution in [0, 0.1) is 5.82 Å². The van der Waals surface area contributed by atoms with Crippen molar-refractivity contribution in [3.8, 4) is 11.1 Å². The molecule has 0 radical (unpaired) electrons. The number of nitrogens with one attached hydrogen (secondary N) is 1. The zero-order chi connectivity index (χ0) is 25.9. The second-order valence-electron chi connectivity index (χ2n) is 9.35. The normalized spacial score (nSPS) is 13.6. The monoisotopic (exact) mass is 501 g/mol. The molecular formula is C28H28FN5O3. The summed E-state index contributed by atoms with van der Waals surface area (Å²) in [6.45, 7) is 2.17. The van der Waals surface area contributed by atoms with Crippen molar-refractivity contribution in [1.82, 2.24) is 25.0 Å². The highest BCUT2D eigenvalue weighted by atomic mass is 19.1. The number of carbonyl (C=O) groups excluding carboxylic acids is 2. The molecular weight excluding hydrogens is 473 g/mol. The summed E-state index contributed by atoms with van der Waals surface area (Å²) in [6.07, 6.45) is 2.34. The predicted molar refractivity (Wildman–Crippen MR) is 138 cm³/mol. The molecule has 2 amide bonds. The van der Waals surface area contributed by atoms with Gasteiger partial charge >= 0.3 is 0 Å². The summed E-state index contributed by atoms with van der Waals surface area (Å²) < 4.78 is 19.0. The lowest BCUT2D eigenvalue weighted by atomic mass is 9.96. The van der Waals surface area contributed by atoms with Gasteiger partial charge in [-0.2, -0.15) is 5.10 Å². The number of fused-ring (bicyclic) bond motifs is 1. The van der Waals surface area contributed by atoms with Gasteiger partial charge in [-0.1, -0.05) is 24.3 Å². The van der Waals surface area contributed by atoms with Gasteiger partial charge in [0.2, 0.25) is 5.91 Å². The standard InChI is InChI=1S/C28H28FN5O3/c1-33(2)28(36)23-14-19(6-7-20(23)16-26(35)34-8-10-37-11-9-34)21-15-24-25(31-32-27(24)30-17-21)13-18-4-3-5-22(29)12-18/h3-7,12,14-15,17H,8-11,13,16H2,1-2H3,(H,30,31,32). The number of carbonyl (C=O) groups is 2. The molecule has 8 nitrogen and oxygen atoms in total. The summed E-state index contributed by atoms with van der Waals surface area (Å²) in [5.41, 5.74) is 5.00. The van der Waals surface area contributed by atoms with Gasteiger partial charge in [-0.3, -0.25) is 14.7 Å². The topological polar surface area (TPSA) is 91.4 Å². The van der Waals surface area contributed by atoms with E-state index >= 15 is 0 Å². The average Bonchev–Trinajstić information content (AvgIpc) is 3.30. The van der Waals surface area contributed by atoms with E-state index in [4.69, 9.17) is 4.74 Å². The number of benzene rings is 2. The maximum absolute atomic E-state index is 13.7. The van der Waals surface area contributed by atoms with Crippen molar-refractivity contribution in [3.63, 3.8) is 0 Å². The van der Waals surface area contributed by atoms with Crippen LogP contribution in [0.15, 0.2) is 54.7 Å². The Morgan fingerprint density at radius 3 is 2.65 bits per heavy atom. The number of ether oxygens (including phenoxy) is 1. The molecule has 1 saturated heterocycles. The fourth-order valence-electron chi connectivity index (χ4n) is 4.53. The number of aromatic nitrogens is 3. The van der Waals surface area contributed by atoms with Gasteiger partial charge < -0.3 is 14.5 Å². The van der Waals surface area contributed by atoms with E-state index in [-0.39, 0.29) is 24.1 Å². The Morgan fingerprint density at radius 2 is 1.89 bits per heavy atom. The SMILES string of the molecule is CN(C)C(=O)c1cc(-c2cnc3n[nH]c(Cc4cccc(F)c4)c3c2)ccc1CC(=O)N1CCOCC1. The Morgan fingerprint density at radius 1 is 1.08 bits per heavy atom. The first-order valence-corrected chi connectivity index (χ1v) is 12.2. The number of hydrogen-bond donors (Lipinski definition) is 1. The Labute approximate surface area is 214 Å². The third kappa shape index (κ3) is 5.36. The number of H-pyrrole nitrogens is 1. The van der Waals surface area contributed by atoms with Gasteiger partial charge in [0, 0.05) is 62.0 Å². The minimum Gasteiger partial charge on any atom is -0.378 e. The van der Waals surface area contributed by atoms with E-state index < -0.39 is 0 Å².